The molecule has 1 atom stereocenters. The van der Waals surface area contributed by atoms with E-state index >= 15 is 0 Å². The first-order chi connectivity index (χ1) is 8.29. The van der Waals surface area contributed by atoms with E-state index in [0.29, 0.717) is 6.54 Å². The highest BCUT2D eigenvalue weighted by Crippen LogP contribution is 2.16. The Hall–Kier alpha value is -1.35. The molecule has 0 heterocycles. The van der Waals surface area contributed by atoms with Gasteiger partial charge in [-0.2, -0.15) is 0 Å². The van der Waals surface area contributed by atoms with Crippen molar-refractivity contribution in [2.45, 2.75) is 46.2 Å². The van der Waals surface area contributed by atoms with Crippen molar-refractivity contribution >= 4 is 5.91 Å². The molecule has 0 aromatic heterocycles. The topological polar surface area (TPSA) is 41.1 Å². The van der Waals surface area contributed by atoms with Crippen molar-refractivity contribution in [1.82, 2.24) is 10.6 Å². The smallest absolute Gasteiger partial charge is 0.234 e. The number of aryl methyl sites for hydroxylation is 1. The van der Waals surface area contributed by atoms with E-state index in [0.717, 1.165) is 0 Å². The maximum absolute atomic E-state index is 11.7. The molecule has 0 unspecified atom stereocenters. The predicted octanol–water partition coefficient (Wildman–Crippen LogP) is 2.56. The highest BCUT2D eigenvalue weighted by molar-refractivity contribution is 5.78. The standard InChI is InChI=1S/C15H24N2O/c1-11-8-6-7-9-13(11)12(2)16-10-14(18)17-15(3,4)5/h6-9,12,16H,10H2,1-5H3,(H,17,18)/t12-/m0/s1. The molecule has 0 radical (unpaired) electrons. The van der Waals surface area contributed by atoms with Crippen LogP contribution >= 0.6 is 0 Å². The first-order valence-electron chi connectivity index (χ1n) is 6.39. The van der Waals surface area contributed by atoms with Gasteiger partial charge in [-0.1, -0.05) is 24.3 Å². The Labute approximate surface area is 110 Å². The number of hydrogen-bond acceptors (Lipinski definition) is 2. The minimum absolute atomic E-state index is 0.0305. The van der Waals surface area contributed by atoms with E-state index in [1.54, 1.807) is 0 Å². The molecule has 0 saturated carbocycles. The predicted molar refractivity (Wildman–Crippen MR) is 75.5 cm³/mol. The summed E-state index contributed by atoms with van der Waals surface area (Å²) in [5.41, 5.74) is 2.31. The number of nitrogens with one attached hydrogen (secondary N) is 2. The third-order valence-corrected chi connectivity index (χ3v) is 2.74. The number of carbonyl (C=O) groups excluding carboxylic acids is 1. The van der Waals surface area contributed by atoms with Gasteiger partial charge in [-0.15, -0.1) is 0 Å². The van der Waals surface area contributed by atoms with Gasteiger partial charge in [0.1, 0.15) is 0 Å². The molecule has 1 aromatic carbocycles. The Morgan fingerprint density at radius 1 is 1.28 bits per heavy atom. The van der Waals surface area contributed by atoms with Crippen molar-refractivity contribution in [2.75, 3.05) is 6.54 Å². The Bertz CT molecular complexity index is 407. The summed E-state index contributed by atoms with van der Waals surface area (Å²) in [6, 6.07) is 8.40. The molecule has 0 aliphatic rings. The Morgan fingerprint density at radius 3 is 2.44 bits per heavy atom. The quantitative estimate of drug-likeness (QED) is 0.860. The van der Waals surface area contributed by atoms with Crippen molar-refractivity contribution in [2.24, 2.45) is 0 Å². The lowest BCUT2D eigenvalue weighted by Gasteiger charge is -2.22. The van der Waals surface area contributed by atoms with E-state index in [4.69, 9.17) is 0 Å². The molecule has 3 heteroatoms. The Kier molecular flexibility index (Phi) is 4.91. The minimum atomic E-state index is -0.176. The third-order valence-electron chi connectivity index (χ3n) is 2.74. The molecule has 0 spiro atoms. The molecule has 18 heavy (non-hydrogen) atoms. The van der Waals surface area contributed by atoms with Crippen LogP contribution in [-0.2, 0) is 4.79 Å². The van der Waals surface area contributed by atoms with Crippen LogP contribution in [0.4, 0.5) is 0 Å². The number of rotatable bonds is 4. The summed E-state index contributed by atoms with van der Waals surface area (Å²) in [5, 5.41) is 6.19. The fourth-order valence-corrected chi connectivity index (χ4v) is 1.89. The van der Waals surface area contributed by atoms with Crippen molar-refractivity contribution < 1.29 is 4.79 Å². The molecule has 0 aliphatic heterocycles. The van der Waals surface area contributed by atoms with Crippen LogP contribution in [0.5, 0.6) is 0 Å². The van der Waals surface area contributed by atoms with Crippen molar-refractivity contribution in [1.29, 1.82) is 0 Å². The second-order valence-electron chi connectivity index (χ2n) is 5.76. The highest BCUT2D eigenvalue weighted by Gasteiger charge is 2.14. The van der Waals surface area contributed by atoms with Crippen LogP contribution in [-0.4, -0.2) is 18.0 Å². The number of hydrogen-bond donors (Lipinski definition) is 2. The van der Waals surface area contributed by atoms with Crippen LogP contribution in [0.3, 0.4) is 0 Å². The molecule has 2 N–H and O–H groups in total. The maximum atomic E-state index is 11.7. The second kappa shape index (κ2) is 6.01. The van der Waals surface area contributed by atoms with E-state index < -0.39 is 0 Å². The molecule has 1 rings (SSSR count). The first-order valence-corrected chi connectivity index (χ1v) is 6.39. The van der Waals surface area contributed by atoms with E-state index in [-0.39, 0.29) is 17.5 Å². The van der Waals surface area contributed by atoms with Gasteiger partial charge in [-0.05, 0) is 45.7 Å². The fraction of sp³-hybridized carbons (Fsp3) is 0.533. The summed E-state index contributed by atoms with van der Waals surface area (Å²) < 4.78 is 0. The normalized spacial score (nSPS) is 13.2. The second-order valence-corrected chi connectivity index (χ2v) is 5.76. The molecular weight excluding hydrogens is 224 g/mol. The zero-order valence-electron chi connectivity index (χ0n) is 12.0. The number of benzene rings is 1. The first kappa shape index (κ1) is 14.7. The van der Waals surface area contributed by atoms with E-state index in [9.17, 15) is 4.79 Å². The van der Waals surface area contributed by atoms with Crippen LogP contribution in [0.2, 0.25) is 0 Å². The lowest BCUT2D eigenvalue weighted by Crippen LogP contribution is -2.45. The Balaban J connectivity index is 2.49. The molecule has 1 amide bonds. The van der Waals surface area contributed by atoms with Gasteiger partial charge < -0.3 is 10.6 Å². The van der Waals surface area contributed by atoms with Gasteiger partial charge in [0, 0.05) is 11.6 Å². The molecule has 100 valence electrons. The maximum Gasteiger partial charge on any atom is 0.234 e. The summed E-state index contributed by atoms with van der Waals surface area (Å²) in [6.45, 7) is 10.4. The van der Waals surface area contributed by atoms with Gasteiger partial charge in [-0.25, -0.2) is 0 Å². The summed E-state index contributed by atoms with van der Waals surface area (Å²) in [5.74, 6) is 0.0305. The van der Waals surface area contributed by atoms with Crippen LogP contribution in [0.15, 0.2) is 24.3 Å². The van der Waals surface area contributed by atoms with Gasteiger partial charge >= 0.3 is 0 Å². The van der Waals surface area contributed by atoms with Crippen molar-refractivity contribution in [3.05, 3.63) is 35.4 Å². The average molecular weight is 248 g/mol. The van der Waals surface area contributed by atoms with Gasteiger partial charge in [0.2, 0.25) is 5.91 Å². The minimum Gasteiger partial charge on any atom is -0.350 e. The van der Waals surface area contributed by atoms with E-state index in [1.807, 2.05) is 32.9 Å². The highest BCUT2D eigenvalue weighted by atomic mass is 16.2. The van der Waals surface area contributed by atoms with Gasteiger partial charge in [0.25, 0.3) is 0 Å². The number of amides is 1. The zero-order valence-corrected chi connectivity index (χ0v) is 12.0. The average Bonchev–Trinajstić information content (AvgIpc) is 2.24. The lowest BCUT2D eigenvalue weighted by atomic mass is 10.0. The molecule has 3 nitrogen and oxygen atoms in total. The molecule has 0 bridgehead atoms. The molecule has 0 aliphatic carbocycles. The van der Waals surface area contributed by atoms with Crippen LogP contribution in [0, 0.1) is 6.92 Å². The third kappa shape index (κ3) is 4.88. The SMILES string of the molecule is Cc1ccccc1[C@H](C)NCC(=O)NC(C)(C)C. The zero-order chi connectivity index (χ0) is 13.8. The molecular formula is C15H24N2O. The van der Waals surface area contributed by atoms with Crippen LogP contribution < -0.4 is 10.6 Å². The fourth-order valence-electron chi connectivity index (χ4n) is 1.89. The molecule has 0 saturated heterocycles. The summed E-state index contributed by atoms with van der Waals surface area (Å²) in [4.78, 5) is 11.7. The van der Waals surface area contributed by atoms with Gasteiger partial charge in [-0.3, -0.25) is 4.79 Å². The number of carbonyl (C=O) groups is 1. The van der Waals surface area contributed by atoms with Gasteiger partial charge in [0.05, 0.1) is 6.54 Å². The van der Waals surface area contributed by atoms with Crippen LogP contribution in [0.25, 0.3) is 0 Å². The largest absolute Gasteiger partial charge is 0.350 e. The summed E-state index contributed by atoms with van der Waals surface area (Å²) >= 11 is 0. The van der Waals surface area contributed by atoms with Crippen molar-refractivity contribution in [3.63, 3.8) is 0 Å². The lowest BCUT2D eigenvalue weighted by molar-refractivity contribution is -0.121. The molecule has 0 fully saturated rings. The Morgan fingerprint density at radius 2 is 1.89 bits per heavy atom. The van der Waals surface area contributed by atoms with Gasteiger partial charge in [0.15, 0.2) is 0 Å². The summed E-state index contributed by atoms with van der Waals surface area (Å²) in [6.07, 6.45) is 0. The van der Waals surface area contributed by atoms with E-state index in [1.165, 1.54) is 11.1 Å². The summed E-state index contributed by atoms with van der Waals surface area (Å²) in [7, 11) is 0. The van der Waals surface area contributed by atoms with Crippen LogP contribution in [0.1, 0.15) is 44.9 Å². The molecule has 1 aromatic rings. The van der Waals surface area contributed by atoms with E-state index in [2.05, 4.69) is 36.6 Å². The van der Waals surface area contributed by atoms with Crippen molar-refractivity contribution in [3.8, 4) is 0 Å². The monoisotopic (exact) mass is 248 g/mol.